The molecule has 2 aliphatic rings. The van der Waals surface area contributed by atoms with Gasteiger partial charge >= 0.3 is 18.0 Å². The molecule has 1 amide bonds. The minimum absolute atomic E-state index is 0.0105. The summed E-state index contributed by atoms with van der Waals surface area (Å²) in [5, 5.41) is 0.0407. The standard InChI is InChI=1S/C30H33F5N4O5S/c1-29(2,3)44-28(41)38-9-7-37(8-10-38)26-20-14-21(30(33,34)35)23(19-6-5-17(31)13-22(19)32)25-24(20)39(27(40)36-26)15-18(16-45-25)43-12-11-42-4/h5-6,13-14,18H,7-12,15-16H2,1-4H3/t18-/m0/s1. The average molecular weight is 657 g/mol. The number of piperazine rings is 1. The summed E-state index contributed by atoms with van der Waals surface area (Å²) in [6, 6.07) is 3.26. The zero-order valence-corrected chi connectivity index (χ0v) is 26.0. The SMILES string of the molecule is COCCO[C@@H]1CSc2c(-c3ccc(F)cc3F)c(C(F)(F)F)cc3c(N4CCN(C(=O)OC(C)(C)C)CC4)nc(=O)n(c23)C1. The smallest absolute Gasteiger partial charge is 0.417 e. The van der Waals surface area contributed by atoms with Crippen LogP contribution >= 0.6 is 11.8 Å². The third kappa shape index (κ3) is 7.04. The Morgan fingerprint density at radius 3 is 2.40 bits per heavy atom. The number of rotatable bonds is 6. The van der Waals surface area contributed by atoms with E-state index < -0.39 is 58.0 Å². The Morgan fingerprint density at radius 1 is 1.07 bits per heavy atom. The minimum Gasteiger partial charge on any atom is -0.444 e. The first-order valence-corrected chi connectivity index (χ1v) is 15.3. The highest BCUT2D eigenvalue weighted by atomic mass is 32.2. The Kier molecular flexibility index (Phi) is 9.34. The fourth-order valence-corrected chi connectivity index (χ4v) is 6.66. The molecule has 244 valence electrons. The number of aromatic nitrogens is 2. The third-order valence-corrected chi connectivity index (χ3v) is 8.60. The fourth-order valence-electron chi connectivity index (χ4n) is 5.39. The van der Waals surface area contributed by atoms with Crippen molar-refractivity contribution in [1.29, 1.82) is 0 Å². The Labute approximate surface area is 260 Å². The van der Waals surface area contributed by atoms with Crippen LogP contribution < -0.4 is 10.6 Å². The number of anilines is 1. The zero-order chi connectivity index (χ0) is 32.7. The number of hydrogen-bond donors (Lipinski definition) is 0. The molecular formula is C30H33F5N4O5S. The number of methoxy groups -OCH3 is 1. The summed E-state index contributed by atoms with van der Waals surface area (Å²) in [7, 11) is 1.49. The summed E-state index contributed by atoms with van der Waals surface area (Å²) in [4.78, 5) is 33.6. The maximum absolute atomic E-state index is 15.2. The first-order chi connectivity index (χ1) is 21.2. The van der Waals surface area contributed by atoms with E-state index in [1.165, 1.54) is 16.6 Å². The summed E-state index contributed by atoms with van der Waals surface area (Å²) >= 11 is 1.00. The van der Waals surface area contributed by atoms with E-state index in [2.05, 4.69) is 4.98 Å². The lowest BCUT2D eigenvalue weighted by Gasteiger charge is -2.36. The maximum atomic E-state index is 15.2. The number of hydrogen-bond acceptors (Lipinski definition) is 8. The molecule has 0 saturated carbocycles. The van der Waals surface area contributed by atoms with E-state index in [0.29, 0.717) is 6.07 Å². The number of thioether (sulfide) groups is 1. The molecule has 0 aliphatic carbocycles. The molecule has 0 bridgehead atoms. The average Bonchev–Trinajstić information content (AvgIpc) is 3.15. The van der Waals surface area contributed by atoms with E-state index in [1.807, 2.05) is 0 Å². The second-order valence-corrected chi connectivity index (χ2v) is 12.8. The van der Waals surface area contributed by atoms with Crippen LogP contribution in [0.1, 0.15) is 26.3 Å². The number of halogens is 5. The largest absolute Gasteiger partial charge is 0.444 e. The van der Waals surface area contributed by atoms with E-state index in [4.69, 9.17) is 14.2 Å². The van der Waals surface area contributed by atoms with Gasteiger partial charge in [0.15, 0.2) is 0 Å². The number of benzene rings is 2. The van der Waals surface area contributed by atoms with Crippen molar-refractivity contribution < 1.29 is 41.0 Å². The molecular weight excluding hydrogens is 623 g/mol. The van der Waals surface area contributed by atoms with Gasteiger partial charge in [-0.2, -0.15) is 18.2 Å². The van der Waals surface area contributed by atoms with E-state index in [-0.39, 0.29) is 73.3 Å². The van der Waals surface area contributed by atoms with Gasteiger partial charge in [0, 0.05) is 66.5 Å². The van der Waals surface area contributed by atoms with Crippen molar-refractivity contribution >= 4 is 34.6 Å². The van der Waals surface area contributed by atoms with Gasteiger partial charge in [-0.05, 0) is 39.0 Å². The summed E-state index contributed by atoms with van der Waals surface area (Å²) < 4.78 is 91.1. The molecule has 1 fully saturated rings. The van der Waals surface area contributed by atoms with Crippen LogP contribution in [0.15, 0.2) is 34.0 Å². The lowest BCUT2D eigenvalue weighted by molar-refractivity contribution is -0.137. The van der Waals surface area contributed by atoms with Crippen molar-refractivity contribution in [2.75, 3.05) is 57.2 Å². The monoisotopic (exact) mass is 656 g/mol. The minimum atomic E-state index is -4.95. The van der Waals surface area contributed by atoms with Gasteiger partial charge in [-0.3, -0.25) is 4.57 Å². The molecule has 1 aromatic heterocycles. The van der Waals surface area contributed by atoms with Gasteiger partial charge in [0.2, 0.25) is 0 Å². The molecule has 45 heavy (non-hydrogen) atoms. The number of carbonyl (C=O) groups excluding carboxylic acids is 1. The van der Waals surface area contributed by atoms with Gasteiger partial charge in [-0.15, -0.1) is 11.8 Å². The van der Waals surface area contributed by atoms with Crippen LogP contribution in [0.4, 0.5) is 32.6 Å². The lowest BCUT2D eigenvalue weighted by Crippen LogP contribution is -2.50. The second kappa shape index (κ2) is 12.8. The number of nitrogens with zero attached hydrogens (tertiary/aromatic N) is 4. The summed E-state index contributed by atoms with van der Waals surface area (Å²) in [6.45, 7) is 6.36. The molecule has 1 saturated heterocycles. The quantitative estimate of drug-likeness (QED) is 0.252. The van der Waals surface area contributed by atoms with Crippen molar-refractivity contribution in [3.8, 4) is 11.1 Å². The van der Waals surface area contributed by atoms with Gasteiger partial charge in [0.1, 0.15) is 23.1 Å². The molecule has 0 spiro atoms. The summed E-state index contributed by atoms with van der Waals surface area (Å²) in [5.41, 5.74) is -3.37. The first kappa shape index (κ1) is 32.9. The van der Waals surface area contributed by atoms with Crippen LogP contribution in [0.2, 0.25) is 0 Å². The highest BCUT2D eigenvalue weighted by molar-refractivity contribution is 7.99. The Morgan fingerprint density at radius 2 is 1.78 bits per heavy atom. The van der Waals surface area contributed by atoms with Crippen molar-refractivity contribution in [1.82, 2.24) is 14.5 Å². The van der Waals surface area contributed by atoms with Gasteiger partial charge in [0.05, 0.1) is 36.9 Å². The first-order valence-electron chi connectivity index (χ1n) is 14.3. The molecule has 0 radical (unpaired) electrons. The zero-order valence-electron chi connectivity index (χ0n) is 25.2. The molecule has 15 heteroatoms. The van der Waals surface area contributed by atoms with Crippen molar-refractivity contribution in [3.63, 3.8) is 0 Å². The van der Waals surface area contributed by atoms with Crippen LogP contribution in [0.25, 0.3) is 22.0 Å². The molecule has 2 aromatic carbocycles. The molecule has 3 aromatic rings. The number of ether oxygens (including phenoxy) is 3. The normalized spacial score (nSPS) is 17.5. The molecule has 0 N–H and O–H groups in total. The van der Waals surface area contributed by atoms with E-state index in [0.717, 1.165) is 30.0 Å². The third-order valence-electron chi connectivity index (χ3n) is 7.38. The van der Waals surface area contributed by atoms with Crippen LogP contribution in [-0.4, -0.2) is 84.5 Å². The Bertz CT molecular complexity index is 1650. The van der Waals surface area contributed by atoms with Gasteiger partial charge in [0.25, 0.3) is 0 Å². The van der Waals surface area contributed by atoms with E-state index in [9.17, 15) is 27.2 Å². The maximum Gasteiger partial charge on any atom is 0.417 e. The van der Waals surface area contributed by atoms with Crippen molar-refractivity contribution in [3.05, 3.63) is 51.9 Å². The van der Waals surface area contributed by atoms with Gasteiger partial charge in [-0.1, -0.05) is 0 Å². The number of alkyl halides is 3. The van der Waals surface area contributed by atoms with Gasteiger partial charge in [-0.25, -0.2) is 18.4 Å². The predicted molar refractivity (Wildman–Crippen MR) is 159 cm³/mol. The predicted octanol–water partition coefficient (Wildman–Crippen LogP) is 5.55. The van der Waals surface area contributed by atoms with Crippen LogP contribution in [0.3, 0.4) is 0 Å². The Balaban J connectivity index is 1.68. The van der Waals surface area contributed by atoms with Crippen LogP contribution in [0, 0.1) is 11.6 Å². The van der Waals surface area contributed by atoms with Crippen molar-refractivity contribution in [2.24, 2.45) is 0 Å². The van der Waals surface area contributed by atoms with Crippen LogP contribution in [0.5, 0.6) is 0 Å². The summed E-state index contributed by atoms with van der Waals surface area (Å²) in [5.74, 6) is -1.95. The molecule has 0 unspecified atom stereocenters. The number of carbonyl (C=O) groups is 1. The molecule has 3 heterocycles. The molecule has 5 rings (SSSR count). The topological polar surface area (TPSA) is 86.1 Å². The fraction of sp³-hybridized carbons (Fsp3) is 0.500. The number of amides is 1. The molecule has 9 nitrogen and oxygen atoms in total. The van der Waals surface area contributed by atoms with Crippen LogP contribution in [-0.2, 0) is 26.9 Å². The Hall–Kier alpha value is -3.43. The second-order valence-electron chi connectivity index (χ2n) is 11.7. The molecule has 2 aliphatic heterocycles. The van der Waals surface area contributed by atoms with E-state index in [1.54, 1.807) is 25.7 Å². The van der Waals surface area contributed by atoms with E-state index >= 15 is 4.39 Å². The summed E-state index contributed by atoms with van der Waals surface area (Å²) in [6.07, 6.45) is -6.08. The lowest BCUT2D eigenvalue weighted by atomic mass is 9.95. The highest BCUT2D eigenvalue weighted by Gasteiger charge is 2.39. The van der Waals surface area contributed by atoms with Crippen molar-refractivity contribution in [2.45, 2.75) is 50.1 Å². The highest BCUT2D eigenvalue weighted by Crippen LogP contribution is 2.48. The molecule has 1 atom stereocenters. The van der Waals surface area contributed by atoms with Gasteiger partial charge < -0.3 is 24.0 Å².